The summed E-state index contributed by atoms with van der Waals surface area (Å²) < 4.78 is 9.52. The molecule has 7 heteroatoms. The number of aromatic nitrogens is 4. The summed E-state index contributed by atoms with van der Waals surface area (Å²) in [6.07, 6.45) is 3.82. The van der Waals surface area contributed by atoms with Crippen LogP contribution in [0.3, 0.4) is 0 Å². The second kappa shape index (κ2) is 8.01. The highest BCUT2D eigenvalue weighted by Crippen LogP contribution is 2.29. The molecule has 25 heavy (non-hydrogen) atoms. The van der Waals surface area contributed by atoms with Gasteiger partial charge in [-0.15, -0.1) is 0 Å². The minimum Gasteiger partial charge on any atom is -0.378 e. The van der Waals surface area contributed by atoms with Crippen LogP contribution in [0.2, 0.25) is 0 Å². The van der Waals surface area contributed by atoms with Gasteiger partial charge in [0, 0.05) is 50.7 Å². The average molecular weight is 346 g/mol. The number of nitrogens with zero attached hydrogens (tertiary/aromatic N) is 5. The van der Waals surface area contributed by atoms with E-state index in [2.05, 4.69) is 36.1 Å². The number of hydrogen-bond acceptors (Lipinski definition) is 5. The summed E-state index contributed by atoms with van der Waals surface area (Å²) in [5.74, 6) is 1.63. The van der Waals surface area contributed by atoms with Crippen molar-refractivity contribution in [3.05, 3.63) is 29.7 Å². The number of hydrogen-bond donors (Lipinski definition) is 1. The predicted octanol–water partition coefficient (Wildman–Crippen LogP) is 1.75. The van der Waals surface area contributed by atoms with Gasteiger partial charge in [-0.05, 0) is 18.9 Å². The fourth-order valence-electron chi connectivity index (χ4n) is 3.41. The number of aryl methyl sites for hydroxylation is 1. The quantitative estimate of drug-likeness (QED) is 0.828. The van der Waals surface area contributed by atoms with Gasteiger partial charge in [-0.2, -0.15) is 10.2 Å². The van der Waals surface area contributed by atoms with E-state index in [9.17, 15) is 0 Å². The molecule has 1 aliphatic heterocycles. The molecule has 3 rings (SSSR count). The topological polar surface area (TPSA) is 60.1 Å². The number of morpholine rings is 1. The van der Waals surface area contributed by atoms with Crippen molar-refractivity contribution < 1.29 is 4.74 Å². The van der Waals surface area contributed by atoms with Crippen LogP contribution in [0.4, 0.5) is 5.82 Å². The maximum absolute atomic E-state index is 5.52. The Balaban J connectivity index is 1.75. The van der Waals surface area contributed by atoms with Gasteiger partial charge in [0.25, 0.3) is 0 Å². The Hall–Kier alpha value is -1.86. The van der Waals surface area contributed by atoms with Crippen molar-refractivity contribution in [1.82, 2.24) is 24.9 Å². The monoisotopic (exact) mass is 346 g/mol. The number of anilines is 1. The molecule has 0 radical (unpaired) electrons. The molecule has 0 amide bonds. The van der Waals surface area contributed by atoms with Crippen molar-refractivity contribution in [1.29, 1.82) is 0 Å². The van der Waals surface area contributed by atoms with Gasteiger partial charge >= 0.3 is 0 Å². The minimum absolute atomic E-state index is 0.331. The lowest BCUT2D eigenvalue weighted by atomic mass is 10.0. The zero-order valence-corrected chi connectivity index (χ0v) is 15.8. The largest absolute Gasteiger partial charge is 0.378 e. The van der Waals surface area contributed by atoms with Crippen molar-refractivity contribution in [3.8, 4) is 0 Å². The van der Waals surface area contributed by atoms with E-state index >= 15 is 0 Å². The van der Waals surface area contributed by atoms with Crippen LogP contribution in [0.5, 0.6) is 0 Å². The van der Waals surface area contributed by atoms with Gasteiger partial charge in [-0.25, -0.2) is 0 Å². The average Bonchev–Trinajstić information content (AvgIpc) is 3.21. The number of nitrogens with one attached hydrogen (secondary N) is 1. The first-order chi connectivity index (χ1) is 12.1. The van der Waals surface area contributed by atoms with Crippen molar-refractivity contribution in [2.45, 2.75) is 45.8 Å². The van der Waals surface area contributed by atoms with E-state index in [-0.39, 0.29) is 0 Å². The lowest BCUT2D eigenvalue weighted by Crippen LogP contribution is -2.38. The minimum atomic E-state index is 0.331. The molecular weight excluding hydrogens is 316 g/mol. The Morgan fingerprint density at radius 2 is 2.00 bits per heavy atom. The number of rotatable bonds is 7. The van der Waals surface area contributed by atoms with Gasteiger partial charge in [0.1, 0.15) is 5.82 Å². The second-order valence-electron chi connectivity index (χ2n) is 7.08. The molecular formula is C18H30N6O. The molecule has 0 aromatic carbocycles. The Kier molecular flexibility index (Phi) is 5.75. The summed E-state index contributed by atoms with van der Waals surface area (Å²) in [5.41, 5.74) is 2.49. The lowest BCUT2D eigenvalue weighted by molar-refractivity contribution is 0.122. The third-order valence-electron chi connectivity index (χ3n) is 4.65. The van der Waals surface area contributed by atoms with Gasteiger partial charge in [0.2, 0.25) is 0 Å². The molecule has 7 nitrogen and oxygen atoms in total. The molecule has 0 aliphatic carbocycles. The van der Waals surface area contributed by atoms with Gasteiger partial charge in [-0.1, -0.05) is 13.8 Å². The molecule has 1 saturated heterocycles. The summed E-state index contributed by atoms with van der Waals surface area (Å²) in [5, 5.41) is 12.8. The van der Waals surface area contributed by atoms with Gasteiger partial charge in [-0.3, -0.25) is 9.36 Å². The van der Waals surface area contributed by atoms with Crippen molar-refractivity contribution in [3.63, 3.8) is 0 Å². The Bertz CT molecular complexity index is 657. The molecule has 1 atom stereocenters. The zero-order chi connectivity index (χ0) is 17.8. The van der Waals surface area contributed by atoms with Crippen LogP contribution in [0, 0.1) is 0 Å². The smallest absolute Gasteiger partial charge is 0.131 e. The van der Waals surface area contributed by atoms with Crippen LogP contribution < -0.4 is 10.2 Å². The highest BCUT2D eigenvalue weighted by atomic mass is 16.5. The molecule has 1 N–H and O–H groups in total. The van der Waals surface area contributed by atoms with E-state index in [0.29, 0.717) is 12.0 Å². The molecule has 138 valence electrons. The van der Waals surface area contributed by atoms with Gasteiger partial charge < -0.3 is 15.0 Å². The summed E-state index contributed by atoms with van der Waals surface area (Å²) in [4.78, 5) is 2.40. The molecule has 1 unspecified atom stereocenters. The Morgan fingerprint density at radius 1 is 1.24 bits per heavy atom. The standard InChI is InChI=1S/C18H30N6O/c1-14(2)17-16(12-19-15(3)13-24-7-5-6-20-24)18(22(4)21-17)23-8-10-25-11-9-23/h5-7,14-15,19H,8-13H2,1-4H3. The van der Waals surface area contributed by atoms with E-state index in [4.69, 9.17) is 9.84 Å². The SMILES string of the molecule is CC(Cn1cccn1)NCc1c(C(C)C)nn(C)c1N1CCOCC1. The summed E-state index contributed by atoms with van der Waals surface area (Å²) in [6.45, 7) is 11.7. The van der Waals surface area contributed by atoms with Crippen LogP contribution in [-0.2, 0) is 24.9 Å². The summed E-state index contributed by atoms with van der Waals surface area (Å²) in [7, 11) is 2.05. The lowest BCUT2D eigenvalue weighted by Gasteiger charge is -2.30. The normalized spacial score (nSPS) is 16.6. The predicted molar refractivity (Wildman–Crippen MR) is 98.9 cm³/mol. The first-order valence-corrected chi connectivity index (χ1v) is 9.15. The van der Waals surface area contributed by atoms with Gasteiger partial charge in [0.15, 0.2) is 0 Å². The van der Waals surface area contributed by atoms with Crippen LogP contribution in [0.25, 0.3) is 0 Å². The molecule has 2 aromatic rings. The van der Waals surface area contributed by atoms with Crippen molar-refractivity contribution >= 4 is 5.82 Å². The third-order valence-corrected chi connectivity index (χ3v) is 4.65. The molecule has 0 spiro atoms. The Labute approximate surface area is 149 Å². The van der Waals surface area contributed by atoms with E-state index in [1.165, 1.54) is 17.1 Å². The molecule has 2 aromatic heterocycles. The van der Waals surface area contributed by atoms with Crippen LogP contribution in [0.1, 0.15) is 37.9 Å². The second-order valence-corrected chi connectivity index (χ2v) is 7.08. The zero-order valence-electron chi connectivity index (χ0n) is 15.8. The maximum atomic E-state index is 5.52. The molecule has 0 bridgehead atoms. The first kappa shape index (κ1) is 17.9. The van der Waals surface area contributed by atoms with E-state index in [1.807, 2.05) is 34.9 Å². The Morgan fingerprint density at radius 3 is 2.64 bits per heavy atom. The molecule has 1 aliphatic rings. The number of ether oxygens (including phenoxy) is 1. The van der Waals surface area contributed by atoms with Crippen LogP contribution in [-0.4, -0.2) is 51.9 Å². The fraction of sp³-hybridized carbons (Fsp3) is 0.667. The van der Waals surface area contributed by atoms with Crippen LogP contribution >= 0.6 is 0 Å². The molecule has 0 saturated carbocycles. The fourth-order valence-corrected chi connectivity index (χ4v) is 3.41. The molecule has 3 heterocycles. The van der Waals surface area contributed by atoms with Gasteiger partial charge in [0.05, 0.1) is 25.5 Å². The highest BCUT2D eigenvalue weighted by molar-refractivity contribution is 5.51. The summed E-state index contributed by atoms with van der Waals surface area (Å²) in [6, 6.07) is 2.29. The van der Waals surface area contributed by atoms with Crippen molar-refractivity contribution in [2.24, 2.45) is 7.05 Å². The van der Waals surface area contributed by atoms with Crippen molar-refractivity contribution in [2.75, 3.05) is 31.2 Å². The first-order valence-electron chi connectivity index (χ1n) is 9.15. The summed E-state index contributed by atoms with van der Waals surface area (Å²) >= 11 is 0. The van der Waals surface area contributed by atoms with Crippen LogP contribution in [0.15, 0.2) is 18.5 Å². The highest BCUT2D eigenvalue weighted by Gasteiger charge is 2.24. The third kappa shape index (κ3) is 4.22. The van der Waals surface area contributed by atoms with E-state index in [1.54, 1.807) is 0 Å². The molecule has 1 fully saturated rings. The van der Waals surface area contributed by atoms with E-state index in [0.717, 1.165) is 39.4 Å². The maximum Gasteiger partial charge on any atom is 0.131 e. The van der Waals surface area contributed by atoms with E-state index < -0.39 is 0 Å².